The molecule has 2 amide bonds. The molecule has 0 aromatic heterocycles. The van der Waals surface area contributed by atoms with E-state index in [-0.39, 0.29) is 65.7 Å². The first-order valence-electron chi connectivity index (χ1n) is 12.6. The van der Waals surface area contributed by atoms with Crippen LogP contribution in [-0.2, 0) is 19.0 Å². The third kappa shape index (κ3) is 9.35. The molecule has 1 heterocycles. The van der Waals surface area contributed by atoms with Gasteiger partial charge >= 0.3 is 0 Å². The molecule has 0 spiro atoms. The summed E-state index contributed by atoms with van der Waals surface area (Å²) >= 11 is 12.8. The maximum absolute atomic E-state index is 13.9. The highest BCUT2D eigenvalue weighted by atomic mass is 35.5. The van der Waals surface area contributed by atoms with E-state index in [9.17, 15) is 19.8 Å². The molecule has 0 saturated carbocycles. The van der Waals surface area contributed by atoms with Gasteiger partial charge in [0.1, 0.15) is 24.9 Å². The Balaban J connectivity index is 2.52. The van der Waals surface area contributed by atoms with Gasteiger partial charge in [0.15, 0.2) is 0 Å². The lowest BCUT2D eigenvalue weighted by Crippen LogP contribution is -2.54. The molecule has 210 valence electrons. The van der Waals surface area contributed by atoms with E-state index in [1.165, 1.54) is 19.1 Å². The van der Waals surface area contributed by atoms with Gasteiger partial charge in [-0.3, -0.25) is 9.59 Å². The van der Waals surface area contributed by atoms with Crippen LogP contribution in [0.25, 0.3) is 0 Å². The number of amides is 2. The van der Waals surface area contributed by atoms with E-state index in [0.29, 0.717) is 32.4 Å². The summed E-state index contributed by atoms with van der Waals surface area (Å²) in [6.45, 7) is 4.73. The second-order valence-electron chi connectivity index (χ2n) is 9.72. The van der Waals surface area contributed by atoms with Gasteiger partial charge in [0.2, 0.25) is 5.91 Å². The Morgan fingerprint density at radius 3 is 2.41 bits per heavy atom. The Morgan fingerprint density at radius 2 is 1.81 bits per heavy atom. The molecule has 1 fully saturated rings. The fraction of sp³-hybridized carbons (Fsp3) is 0.692. The average Bonchev–Trinajstić information content (AvgIpc) is 2.84. The van der Waals surface area contributed by atoms with Gasteiger partial charge in [-0.15, -0.1) is 0 Å². The number of nitrogens with zero attached hydrogens (tertiary/aromatic N) is 2. The molecule has 1 aromatic carbocycles. The Bertz CT molecular complexity index is 853. The number of halogens is 2. The molecule has 9 nitrogen and oxygen atoms in total. The van der Waals surface area contributed by atoms with Gasteiger partial charge in [-0.2, -0.15) is 0 Å². The average molecular weight is 564 g/mol. The van der Waals surface area contributed by atoms with Crippen LogP contribution in [0.15, 0.2) is 18.2 Å². The normalized spacial score (nSPS) is 24.7. The lowest BCUT2D eigenvalue weighted by atomic mass is 9.99. The van der Waals surface area contributed by atoms with Crippen molar-refractivity contribution in [2.75, 3.05) is 53.7 Å². The van der Waals surface area contributed by atoms with Gasteiger partial charge in [0, 0.05) is 46.5 Å². The fourth-order valence-electron chi connectivity index (χ4n) is 4.46. The van der Waals surface area contributed by atoms with Crippen molar-refractivity contribution in [2.45, 2.75) is 57.5 Å². The molecule has 1 aromatic rings. The van der Waals surface area contributed by atoms with Gasteiger partial charge in [-0.1, -0.05) is 43.1 Å². The lowest BCUT2D eigenvalue weighted by Gasteiger charge is -2.39. The molecule has 2 N–H and O–H groups in total. The molecule has 0 bridgehead atoms. The third-order valence-corrected chi connectivity index (χ3v) is 7.01. The minimum Gasteiger partial charge on any atom is -0.388 e. The third-order valence-electron chi connectivity index (χ3n) is 6.38. The Morgan fingerprint density at radius 1 is 1.14 bits per heavy atom. The Labute approximate surface area is 229 Å². The van der Waals surface area contributed by atoms with E-state index in [1.807, 2.05) is 13.8 Å². The number of carbonyl (C=O) groups is 2. The Hall–Kier alpha value is -1.46. The van der Waals surface area contributed by atoms with Crippen molar-refractivity contribution in [3.63, 3.8) is 0 Å². The van der Waals surface area contributed by atoms with Crippen LogP contribution in [0.1, 0.15) is 43.5 Å². The van der Waals surface area contributed by atoms with Crippen molar-refractivity contribution in [3.8, 4) is 0 Å². The molecule has 4 atom stereocenters. The highest BCUT2D eigenvalue weighted by Crippen LogP contribution is 2.28. The second kappa shape index (κ2) is 15.8. The largest absolute Gasteiger partial charge is 0.388 e. The quantitative estimate of drug-likeness (QED) is 0.548. The second-order valence-corrected chi connectivity index (χ2v) is 10.5. The van der Waals surface area contributed by atoms with E-state index < -0.39 is 18.3 Å². The van der Waals surface area contributed by atoms with Crippen molar-refractivity contribution in [2.24, 2.45) is 5.92 Å². The number of hydrogen-bond donors (Lipinski definition) is 2. The number of methoxy groups -OCH3 is 2. The summed E-state index contributed by atoms with van der Waals surface area (Å²) in [4.78, 5) is 30.2. The summed E-state index contributed by atoms with van der Waals surface area (Å²) < 4.78 is 16.1. The first kappa shape index (κ1) is 31.8. The number of benzene rings is 1. The summed E-state index contributed by atoms with van der Waals surface area (Å²) in [6, 6.07) is 4.55. The van der Waals surface area contributed by atoms with Gasteiger partial charge in [0.25, 0.3) is 5.91 Å². The highest BCUT2D eigenvalue weighted by Gasteiger charge is 2.34. The molecule has 0 unspecified atom stereocenters. The number of aliphatic hydroxyl groups excluding tert-OH is 2. The number of ether oxygens (including phenoxy) is 3. The zero-order chi connectivity index (χ0) is 27.5. The van der Waals surface area contributed by atoms with Gasteiger partial charge in [-0.05, 0) is 37.3 Å². The van der Waals surface area contributed by atoms with Crippen molar-refractivity contribution in [3.05, 3.63) is 33.8 Å². The number of hydrogen-bond acceptors (Lipinski definition) is 7. The lowest BCUT2D eigenvalue weighted by molar-refractivity contribution is -0.143. The number of carbonyl (C=O) groups excluding carboxylic acids is 2. The van der Waals surface area contributed by atoms with Crippen molar-refractivity contribution < 1.29 is 34.0 Å². The predicted octanol–water partition coefficient (Wildman–Crippen LogP) is 2.87. The molecule has 11 heteroatoms. The fourth-order valence-corrected chi connectivity index (χ4v) is 5.02. The van der Waals surface area contributed by atoms with Crippen LogP contribution in [0.2, 0.25) is 10.0 Å². The van der Waals surface area contributed by atoms with Crippen molar-refractivity contribution in [1.82, 2.24) is 9.80 Å². The van der Waals surface area contributed by atoms with Crippen LogP contribution in [0.3, 0.4) is 0 Å². The molecular weight excluding hydrogens is 523 g/mol. The minimum atomic E-state index is -1.28. The minimum absolute atomic E-state index is 0.0135. The highest BCUT2D eigenvalue weighted by molar-refractivity contribution is 6.39. The summed E-state index contributed by atoms with van der Waals surface area (Å²) in [5, 5.41) is 21.7. The monoisotopic (exact) mass is 562 g/mol. The van der Waals surface area contributed by atoms with E-state index in [0.717, 1.165) is 0 Å². The summed E-state index contributed by atoms with van der Waals surface area (Å²) in [5.41, 5.74) is 0.222. The van der Waals surface area contributed by atoms with Crippen molar-refractivity contribution >= 4 is 35.0 Å². The zero-order valence-electron chi connectivity index (χ0n) is 22.1. The first-order valence-corrected chi connectivity index (χ1v) is 13.3. The molecular formula is C26H40Cl2N2O7. The predicted molar refractivity (Wildman–Crippen MR) is 142 cm³/mol. The molecule has 0 aliphatic carbocycles. The van der Waals surface area contributed by atoms with E-state index >= 15 is 0 Å². The number of aliphatic hydroxyl groups is 2. The van der Waals surface area contributed by atoms with Crippen LogP contribution in [0, 0.1) is 5.92 Å². The van der Waals surface area contributed by atoms with Crippen molar-refractivity contribution in [1.29, 1.82) is 0 Å². The van der Waals surface area contributed by atoms with Crippen LogP contribution < -0.4 is 0 Å². The van der Waals surface area contributed by atoms with Gasteiger partial charge in [0.05, 0.1) is 22.2 Å². The maximum Gasteiger partial charge on any atom is 0.257 e. The number of rotatable bonds is 6. The SMILES string of the molecule is COCC(=O)N1C[C@H](CC(C)C)N(C(=O)c2c(Cl)cccc2Cl)CCCCOC[C@@H](O)[C@@H](O)[C@H](OC)C1. The Kier molecular flexibility index (Phi) is 13.6. The summed E-state index contributed by atoms with van der Waals surface area (Å²) in [7, 11) is 2.83. The summed E-state index contributed by atoms with van der Waals surface area (Å²) in [5.74, 6) is -0.437. The van der Waals surface area contributed by atoms with Gasteiger partial charge < -0.3 is 34.2 Å². The molecule has 1 aliphatic rings. The zero-order valence-corrected chi connectivity index (χ0v) is 23.6. The van der Waals surface area contributed by atoms with Crippen LogP contribution >= 0.6 is 23.2 Å². The van der Waals surface area contributed by atoms with E-state index in [1.54, 1.807) is 23.1 Å². The smallest absolute Gasteiger partial charge is 0.257 e. The topological polar surface area (TPSA) is 109 Å². The molecule has 1 aliphatic heterocycles. The van der Waals surface area contributed by atoms with E-state index in [2.05, 4.69) is 0 Å². The van der Waals surface area contributed by atoms with Crippen LogP contribution in [0.5, 0.6) is 0 Å². The molecule has 2 rings (SSSR count). The van der Waals surface area contributed by atoms with E-state index in [4.69, 9.17) is 37.4 Å². The molecule has 37 heavy (non-hydrogen) atoms. The van der Waals surface area contributed by atoms with Gasteiger partial charge in [-0.25, -0.2) is 0 Å². The molecule has 0 radical (unpaired) electrons. The van der Waals surface area contributed by atoms with Crippen LogP contribution in [-0.4, -0.2) is 110 Å². The standard InChI is InChI=1S/C26H40Cl2N2O7/c1-17(2)12-18-13-29(23(32)16-35-3)14-22(36-4)25(33)21(31)15-37-11-6-5-10-30(18)26(34)24-19(27)8-7-9-20(24)28/h7-9,17-18,21-22,25,31,33H,5-6,10-16H2,1-4H3/t18-,21+,22+,25+/m0/s1. The maximum atomic E-state index is 13.9. The molecule has 1 saturated heterocycles. The summed E-state index contributed by atoms with van der Waals surface area (Å²) in [6.07, 6.45) is -1.51. The van der Waals surface area contributed by atoms with Crippen LogP contribution in [0.4, 0.5) is 0 Å². The first-order chi connectivity index (χ1) is 17.6.